The third kappa shape index (κ3) is 3.83. The molecule has 1 saturated heterocycles. The van der Waals surface area contributed by atoms with Crippen molar-refractivity contribution in [2.45, 2.75) is 25.7 Å². The lowest BCUT2D eigenvalue weighted by Crippen LogP contribution is -2.49. The van der Waals surface area contributed by atoms with Gasteiger partial charge in [0.05, 0.1) is 4.70 Å². The maximum Gasteiger partial charge on any atom is 0.206 e. The second-order valence-corrected chi connectivity index (χ2v) is 8.41. The van der Waals surface area contributed by atoms with Gasteiger partial charge in [-0.25, -0.2) is 0 Å². The summed E-state index contributed by atoms with van der Waals surface area (Å²) in [7, 11) is 0. The van der Waals surface area contributed by atoms with Gasteiger partial charge >= 0.3 is 0 Å². The standard InChI is InChI=1S/C19H26N4O2S/c24-23(25)14-16-6-2-1-5-15(16)13-21-9-11-22(12-10-21)19-17-7-3-4-8-18(17)26-20-19/h3-4,7-8,15-16H,1-2,5-6,9-14H2. The van der Waals surface area contributed by atoms with E-state index in [1.54, 1.807) is 11.5 Å². The molecular formula is C19H26N4O2S. The molecule has 1 saturated carbocycles. The Morgan fingerprint density at radius 1 is 1.12 bits per heavy atom. The van der Waals surface area contributed by atoms with Crippen molar-refractivity contribution < 1.29 is 4.92 Å². The summed E-state index contributed by atoms with van der Waals surface area (Å²) in [6.45, 7) is 5.18. The summed E-state index contributed by atoms with van der Waals surface area (Å²) in [5.41, 5.74) is 0. The average molecular weight is 375 g/mol. The zero-order valence-electron chi connectivity index (χ0n) is 15.0. The van der Waals surface area contributed by atoms with Crippen LogP contribution in [0.3, 0.4) is 0 Å². The molecule has 2 unspecified atom stereocenters. The molecule has 0 bridgehead atoms. The first-order valence-electron chi connectivity index (χ1n) is 9.64. The van der Waals surface area contributed by atoms with Gasteiger partial charge < -0.3 is 4.90 Å². The lowest BCUT2D eigenvalue weighted by atomic mass is 9.79. The van der Waals surface area contributed by atoms with Crippen LogP contribution in [0, 0.1) is 22.0 Å². The number of benzene rings is 1. The molecule has 6 nitrogen and oxygen atoms in total. The van der Waals surface area contributed by atoms with Crippen LogP contribution in [-0.2, 0) is 0 Å². The fourth-order valence-electron chi connectivity index (χ4n) is 4.53. The zero-order chi connectivity index (χ0) is 17.9. The van der Waals surface area contributed by atoms with Crippen LogP contribution in [0.4, 0.5) is 5.82 Å². The number of rotatable bonds is 5. The van der Waals surface area contributed by atoms with E-state index in [2.05, 4.69) is 38.4 Å². The number of anilines is 1. The second-order valence-electron chi connectivity index (χ2n) is 7.61. The number of piperazine rings is 1. The van der Waals surface area contributed by atoms with Crippen LogP contribution in [-0.4, -0.2) is 53.5 Å². The van der Waals surface area contributed by atoms with Gasteiger partial charge in [0, 0.05) is 49.0 Å². The van der Waals surface area contributed by atoms with Gasteiger partial charge in [-0.1, -0.05) is 25.0 Å². The van der Waals surface area contributed by atoms with Crippen molar-refractivity contribution in [1.29, 1.82) is 0 Å². The molecule has 0 N–H and O–H groups in total. The summed E-state index contributed by atoms with van der Waals surface area (Å²) in [5.74, 6) is 1.87. The van der Waals surface area contributed by atoms with Gasteiger partial charge in [0.1, 0.15) is 5.82 Å². The predicted octanol–water partition coefficient (Wildman–Crippen LogP) is 3.50. The Labute approximate surface area is 158 Å². The fourth-order valence-corrected chi connectivity index (χ4v) is 5.33. The molecule has 2 aliphatic rings. The highest BCUT2D eigenvalue weighted by atomic mass is 32.1. The van der Waals surface area contributed by atoms with Crippen LogP contribution < -0.4 is 4.90 Å². The molecule has 0 radical (unpaired) electrons. The van der Waals surface area contributed by atoms with Crippen LogP contribution in [0.2, 0.25) is 0 Å². The molecule has 2 atom stereocenters. The Morgan fingerprint density at radius 3 is 2.62 bits per heavy atom. The Kier molecular flexibility index (Phi) is 5.36. The highest BCUT2D eigenvalue weighted by Gasteiger charge is 2.31. The van der Waals surface area contributed by atoms with Gasteiger partial charge in [-0.2, -0.15) is 4.37 Å². The zero-order valence-corrected chi connectivity index (χ0v) is 15.9. The summed E-state index contributed by atoms with van der Waals surface area (Å²) in [5, 5.41) is 12.2. The second kappa shape index (κ2) is 7.88. The van der Waals surface area contributed by atoms with Crippen molar-refractivity contribution in [3.8, 4) is 0 Å². The quantitative estimate of drug-likeness (QED) is 0.592. The molecule has 1 aromatic heterocycles. The van der Waals surface area contributed by atoms with Gasteiger partial charge in [-0.05, 0) is 42.4 Å². The Hall–Kier alpha value is -1.73. The third-order valence-corrected chi connectivity index (χ3v) is 6.79. The molecule has 26 heavy (non-hydrogen) atoms. The Balaban J connectivity index is 1.35. The van der Waals surface area contributed by atoms with Crippen molar-refractivity contribution >= 4 is 27.4 Å². The van der Waals surface area contributed by atoms with E-state index >= 15 is 0 Å². The van der Waals surface area contributed by atoms with Crippen molar-refractivity contribution in [3.05, 3.63) is 34.4 Å². The Morgan fingerprint density at radius 2 is 1.85 bits per heavy atom. The van der Waals surface area contributed by atoms with Crippen molar-refractivity contribution in [3.63, 3.8) is 0 Å². The minimum absolute atomic E-state index is 0.117. The third-order valence-electron chi connectivity index (χ3n) is 5.97. The van der Waals surface area contributed by atoms with Gasteiger partial charge in [-0.3, -0.25) is 15.0 Å². The van der Waals surface area contributed by atoms with Gasteiger partial charge in [0.2, 0.25) is 6.54 Å². The van der Waals surface area contributed by atoms with Crippen LogP contribution in [0.25, 0.3) is 10.1 Å². The molecule has 2 fully saturated rings. The molecule has 7 heteroatoms. The van der Waals surface area contributed by atoms with E-state index in [-0.39, 0.29) is 17.4 Å². The highest BCUT2D eigenvalue weighted by molar-refractivity contribution is 7.13. The lowest BCUT2D eigenvalue weighted by Gasteiger charge is -2.39. The average Bonchev–Trinajstić information content (AvgIpc) is 3.08. The molecule has 2 aromatic rings. The molecular weight excluding hydrogens is 348 g/mol. The number of fused-ring (bicyclic) bond motifs is 1. The molecule has 1 aliphatic heterocycles. The van der Waals surface area contributed by atoms with E-state index in [4.69, 9.17) is 0 Å². The first kappa shape index (κ1) is 17.7. The molecule has 1 aliphatic carbocycles. The predicted molar refractivity (Wildman–Crippen MR) is 106 cm³/mol. The van der Waals surface area contributed by atoms with Gasteiger partial charge in [-0.15, -0.1) is 0 Å². The number of hydrogen-bond acceptors (Lipinski definition) is 6. The monoisotopic (exact) mass is 374 g/mol. The summed E-state index contributed by atoms with van der Waals surface area (Å²) in [6.07, 6.45) is 4.55. The maximum atomic E-state index is 11.0. The van der Waals surface area contributed by atoms with Crippen molar-refractivity contribution in [1.82, 2.24) is 9.27 Å². The molecule has 0 spiro atoms. The minimum atomic E-state index is -0.117. The molecule has 1 aromatic carbocycles. The number of hydrogen-bond donors (Lipinski definition) is 0. The van der Waals surface area contributed by atoms with E-state index in [0.29, 0.717) is 5.92 Å². The lowest BCUT2D eigenvalue weighted by molar-refractivity contribution is -0.490. The fraction of sp³-hybridized carbons (Fsp3) is 0.632. The first-order chi connectivity index (χ1) is 12.7. The SMILES string of the molecule is O=[N+]([O-])CC1CCCCC1CN1CCN(c2nsc3ccccc23)CC1. The summed E-state index contributed by atoms with van der Waals surface area (Å²) >= 11 is 1.57. The Bertz CT molecular complexity index is 757. The molecule has 140 valence electrons. The number of nitro groups is 1. The highest BCUT2D eigenvalue weighted by Crippen LogP contribution is 2.32. The first-order valence-corrected chi connectivity index (χ1v) is 10.4. The van der Waals surface area contributed by atoms with E-state index in [1.807, 2.05) is 0 Å². The number of aromatic nitrogens is 1. The van der Waals surface area contributed by atoms with E-state index in [0.717, 1.165) is 57.8 Å². The minimum Gasteiger partial charge on any atom is -0.353 e. The summed E-state index contributed by atoms with van der Waals surface area (Å²) in [4.78, 5) is 15.8. The normalized spacial score (nSPS) is 24.8. The number of nitrogens with zero attached hydrogens (tertiary/aromatic N) is 4. The van der Waals surface area contributed by atoms with Crippen LogP contribution in [0.15, 0.2) is 24.3 Å². The van der Waals surface area contributed by atoms with Crippen molar-refractivity contribution in [2.24, 2.45) is 11.8 Å². The summed E-state index contributed by atoms with van der Waals surface area (Å²) < 4.78 is 5.92. The molecule has 2 heterocycles. The topological polar surface area (TPSA) is 62.5 Å². The van der Waals surface area contributed by atoms with Gasteiger partial charge in [0.15, 0.2) is 0 Å². The van der Waals surface area contributed by atoms with Crippen LogP contribution >= 0.6 is 11.5 Å². The largest absolute Gasteiger partial charge is 0.353 e. The van der Waals surface area contributed by atoms with Crippen molar-refractivity contribution in [2.75, 3.05) is 44.2 Å². The van der Waals surface area contributed by atoms with Gasteiger partial charge in [0.25, 0.3) is 0 Å². The van der Waals surface area contributed by atoms with E-state index in [1.165, 1.54) is 16.5 Å². The summed E-state index contributed by atoms with van der Waals surface area (Å²) in [6, 6.07) is 8.43. The van der Waals surface area contributed by atoms with E-state index in [9.17, 15) is 10.1 Å². The maximum absolute atomic E-state index is 11.0. The smallest absolute Gasteiger partial charge is 0.206 e. The van der Waals surface area contributed by atoms with Crippen LogP contribution in [0.5, 0.6) is 0 Å². The van der Waals surface area contributed by atoms with E-state index < -0.39 is 0 Å². The van der Waals surface area contributed by atoms with Crippen LogP contribution in [0.1, 0.15) is 25.7 Å². The molecule has 0 amide bonds. The molecule has 4 rings (SSSR count).